The second-order valence-electron chi connectivity index (χ2n) is 6.87. The minimum atomic E-state index is -3.53. The fourth-order valence-electron chi connectivity index (χ4n) is 3.16. The number of rotatable bonds is 7. The van der Waals surface area contributed by atoms with Crippen LogP contribution in [0.4, 0.5) is 0 Å². The summed E-state index contributed by atoms with van der Waals surface area (Å²) >= 11 is 1.43. The molecule has 1 heterocycles. The van der Waals surface area contributed by atoms with Crippen LogP contribution in [0, 0.1) is 0 Å². The van der Waals surface area contributed by atoms with Crippen molar-refractivity contribution in [3.63, 3.8) is 0 Å². The SMILES string of the molecule is C=CCn1c(=NC(=O)c2ccccc2S(C)(=O)=O)sc2cc(CCCC)ccc21. The number of aromatic nitrogens is 1. The fourth-order valence-corrected chi connectivity index (χ4v) is 5.14. The quantitative estimate of drug-likeness (QED) is 0.525. The van der Waals surface area contributed by atoms with Crippen LogP contribution in [0.3, 0.4) is 0 Å². The van der Waals surface area contributed by atoms with Crippen molar-refractivity contribution in [2.24, 2.45) is 4.99 Å². The zero-order valence-corrected chi connectivity index (χ0v) is 18.2. The molecule has 0 bridgehead atoms. The number of sulfone groups is 1. The van der Waals surface area contributed by atoms with Gasteiger partial charge in [-0.05, 0) is 42.7 Å². The predicted octanol–water partition coefficient (Wildman–Crippen LogP) is 4.38. The number of hydrogen-bond donors (Lipinski definition) is 0. The summed E-state index contributed by atoms with van der Waals surface area (Å²) in [5.41, 5.74) is 2.32. The number of carbonyl (C=O) groups is 1. The minimum absolute atomic E-state index is 0.00742. The third kappa shape index (κ3) is 4.74. The van der Waals surface area contributed by atoms with Crippen molar-refractivity contribution in [2.75, 3.05) is 6.26 Å². The molecule has 0 aliphatic carbocycles. The van der Waals surface area contributed by atoms with Gasteiger partial charge in [-0.25, -0.2) is 8.42 Å². The first-order valence-corrected chi connectivity index (χ1v) is 12.2. The first-order valence-electron chi connectivity index (χ1n) is 9.46. The lowest BCUT2D eigenvalue weighted by Crippen LogP contribution is -2.17. The maximum Gasteiger partial charge on any atom is 0.280 e. The monoisotopic (exact) mass is 428 g/mol. The molecular formula is C22H24N2O3S2. The van der Waals surface area contributed by atoms with Crippen LogP contribution in [0.2, 0.25) is 0 Å². The van der Waals surface area contributed by atoms with Crippen LogP contribution in [-0.2, 0) is 22.8 Å². The number of thiazole rings is 1. The average molecular weight is 429 g/mol. The molecule has 0 N–H and O–H groups in total. The highest BCUT2D eigenvalue weighted by molar-refractivity contribution is 7.90. The number of unbranched alkanes of at least 4 members (excludes halogenated alkanes) is 1. The van der Waals surface area contributed by atoms with Gasteiger partial charge in [0.25, 0.3) is 5.91 Å². The number of carbonyl (C=O) groups excluding carboxylic acids is 1. The Bertz CT molecular complexity index is 1230. The summed E-state index contributed by atoms with van der Waals surface area (Å²) in [5.74, 6) is -0.568. The second-order valence-corrected chi connectivity index (χ2v) is 9.87. The van der Waals surface area contributed by atoms with E-state index < -0.39 is 15.7 Å². The average Bonchev–Trinajstić information content (AvgIpc) is 3.02. The van der Waals surface area contributed by atoms with Gasteiger partial charge in [-0.3, -0.25) is 4.79 Å². The van der Waals surface area contributed by atoms with Crippen molar-refractivity contribution in [1.82, 2.24) is 4.57 Å². The number of hydrogen-bond acceptors (Lipinski definition) is 4. The standard InChI is InChI=1S/C22H24N2O3S2/c1-4-6-9-16-12-13-18-19(15-16)28-22(24(18)14-5-2)23-21(25)17-10-7-8-11-20(17)29(3,26)27/h5,7-8,10-13,15H,2,4,6,9,14H2,1,3H3. The van der Waals surface area contributed by atoms with Crippen LogP contribution >= 0.6 is 11.3 Å². The molecule has 0 aliphatic heterocycles. The predicted molar refractivity (Wildman–Crippen MR) is 118 cm³/mol. The largest absolute Gasteiger partial charge is 0.312 e. The Kier molecular flexibility index (Phi) is 6.49. The van der Waals surface area contributed by atoms with Crippen molar-refractivity contribution < 1.29 is 13.2 Å². The summed E-state index contributed by atoms with van der Waals surface area (Å²) in [6.45, 7) is 6.48. The number of allylic oxidation sites excluding steroid dienone is 1. The van der Waals surface area contributed by atoms with Gasteiger partial charge >= 0.3 is 0 Å². The van der Waals surface area contributed by atoms with E-state index in [4.69, 9.17) is 0 Å². The highest BCUT2D eigenvalue weighted by Gasteiger charge is 2.18. The lowest BCUT2D eigenvalue weighted by molar-refractivity contribution is 0.0994. The van der Waals surface area contributed by atoms with E-state index in [9.17, 15) is 13.2 Å². The van der Waals surface area contributed by atoms with Crippen molar-refractivity contribution in [3.8, 4) is 0 Å². The zero-order valence-electron chi connectivity index (χ0n) is 16.6. The zero-order chi connectivity index (χ0) is 21.0. The molecule has 0 spiro atoms. The molecule has 1 aromatic heterocycles. The summed E-state index contributed by atoms with van der Waals surface area (Å²) in [6.07, 6.45) is 6.12. The number of nitrogens with zero attached hydrogens (tertiary/aromatic N) is 2. The van der Waals surface area contributed by atoms with Crippen molar-refractivity contribution >= 4 is 37.3 Å². The molecule has 3 rings (SSSR count). The van der Waals surface area contributed by atoms with Crippen LogP contribution in [0.25, 0.3) is 10.2 Å². The second kappa shape index (κ2) is 8.88. The molecule has 0 radical (unpaired) electrons. The van der Waals surface area contributed by atoms with Crippen molar-refractivity contribution in [1.29, 1.82) is 0 Å². The van der Waals surface area contributed by atoms with Crippen LogP contribution in [0.5, 0.6) is 0 Å². The van der Waals surface area contributed by atoms with Crippen LogP contribution < -0.4 is 4.80 Å². The molecule has 1 amide bonds. The Morgan fingerprint density at radius 1 is 1.24 bits per heavy atom. The Labute approximate surface area is 175 Å². The van der Waals surface area contributed by atoms with Crippen LogP contribution in [0.1, 0.15) is 35.7 Å². The van der Waals surface area contributed by atoms with E-state index in [1.807, 2.05) is 10.6 Å². The van der Waals surface area contributed by atoms with E-state index in [2.05, 4.69) is 30.6 Å². The number of amides is 1. The summed E-state index contributed by atoms with van der Waals surface area (Å²) in [4.78, 5) is 17.7. The number of fused-ring (bicyclic) bond motifs is 1. The molecule has 5 nitrogen and oxygen atoms in total. The van der Waals surface area contributed by atoms with Gasteiger partial charge in [0.15, 0.2) is 14.6 Å². The van der Waals surface area contributed by atoms with Crippen LogP contribution in [-0.4, -0.2) is 25.1 Å². The van der Waals surface area contributed by atoms with Gasteiger partial charge in [-0.2, -0.15) is 4.99 Å². The van der Waals surface area contributed by atoms with E-state index in [1.54, 1.807) is 18.2 Å². The van der Waals surface area contributed by atoms with E-state index in [1.165, 1.54) is 29.0 Å². The third-order valence-corrected chi connectivity index (χ3v) is 6.79. The van der Waals surface area contributed by atoms with E-state index in [0.29, 0.717) is 11.3 Å². The molecule has 152 valence electrons. The Hall–Kier alpha value is -2.51. The van der Waals surface area contributed by atoms with Gasteiger partial charge in [0.05, 0.1) is 20.7 Å². The lowest BCUT2D eigenvalue weighted by atomic mass is 10.1. The maximum absolute atomic E-state index is 12.9. The molecular weight excluding hydrogens is 404 g/mol. The molecule has 2 aromatic carbocycles. The van der Waals surface area contributed by atoms with Gasteiger partial charge < -0.3 is 4.57 Å². The molecule has 0 saturated heterocycles. The molecule has 0 fully saturated rings. The summed E-state index contributed by atoms with van der Waals surface area (Å²) in [6, 6.07) is 12.5. The molecule has 7 heteroatoms. The third-order valence-electron chi connectivity index (χ3n) is 4.59. The van der Waals surface area contributed by atoms with Gasteiger partial charge in [-0.15, -0.1) is 6.58 Å². The van der Waals surface area contributed by atoms with Crippen molar-refractivity contribution in [3.05, 3.63) is 71.0 Å². The number of aryl methyl sites for hydroxylation is 1. The van der Waals surface area contributed by atoms with Gasteiger partial charge in [-0.1, -0.05) is 49.0 Å². The maximum atomic E-state index is 12.9. The highest BCUT2D eigenvalue weighted by Crippen LogP contribution is 2.21. The van der Waals surface area contributed by atoms with Crippen LogP contribution in [0.15, 0.2) is 65.0 Å². The Balaban J connectivity index is 2.13. The van der Waals surface area contributed by atoms with E-state index in [0.717, 1.165) is 35.7 Å². The highest BCUT2D eigenvalue weighted by atomic mass is 32.2. The molecule has 29 heavy (non-hydrogen) atoms. The normalized spacial score (nSPS) is 12.4. The van der Waals surface area contributed by atoms with E-state index >= 15 is 0 Å². The molecule has 0 aliphatic rings. The number of benzene rings is 2. The topological polar surface area (TPSA) is 68.5 Å². The summed E-state index contributed by atoms with van der Waals surface area (Å²) in [5, 5.41) is 0. The minimum Gasteiger partial charge on any atom is -0.312 e. The smallest absolute Gasteiger partial charge is 0.280 e. The molecule has 0 saturated carbocycles. The molecule has 3 aromatic rings. The first-order chi connectivity index (χ1) is 13.8. The fraction of sp³-hybridized carbons (Fsp3) is 0.273. The summed E-state index contributed by atoms with van der Waals surface area (Å²) < 4.78 is 27.0. The molecule has 0 unspecified atom stereocenters. The van der Waals surface area contributed by atoms with Gasteiger partial charge in [0.1, 0.15) is 0 Å². The summed E-state index contributed by atoms with van der Waals surface area (Å²) in [7, 11) is -3.53. The lowest BCUT2D eigenvalue weighted by Gasteiger charge is -2.04. The van der Waals surface area contributed by atoms with Gasteiger partial charge in [0, 0.05) is 12.8 Å². The first kappa shape index (κ1) is 21.2. The molecule has 0 atom stereocenters. The Morgan fingerprint density at radius 3 is 2.69 bits per heavy atom. The van der Waals surface area contributed by atoms with Gasteiger partial charge in [0.2, 0.25) is 0 Å². The Morgan fingerprint density at radius 2 is 2.00 bits per heavy atom. The van der Waals surface area contributed by atoms with E-state index in [-0.39, 0.29) is 10.5 Å². The van der Waals surface area contributed by atoms with Crippen molar-refractivity contribution in [2.45, 2.75) is 37.6 Å².